The Kier molecular flexibility index (Phi) is 14.5. The van der Waals surface area contributed by atoms with Crippen LogP contribution in [0.3, 0.4) is 0 Å². The Hall–Kier alpha value is -3.03. The monoisotopic (exact) mass is 660 g/mol. The number of aliphatic hydroxyl groups excluding tert-OH is 1. The summed E-state index contributed by atoms with van der Waals surface area (Å²) in [6.45, 7) is 6.85. The van der Waals surface area contributed by atoms with Gasteiger partial charge in [0.25, 0.3) is 5.91 Å². The van der Waals surface area contributed by atoms with Crippen LogP contribution in [0.5, 0.6) is 5.75 Å². The molecular weight excluding hydrogens is 608 g/mol. The Labute approximate surface area is 274 Å². The molecule has 2 aromatic rings. The number of carbonyl (C=O) groups is 2. The van der Waals surface area contributed by atoms with Gasteiger partial charge in [-0.1, -0.05) is 25.1 Å². The zero-order chi connectivity index (χ0) is 33.9. The second-order valence-corrected chi connectivity index (χ2v) is 14.6. The Morgan fingerprint density at radius 3 is 2.50 bits per heavy atom. The minimum Gasteiger partial charge on any atom is -0.490 e. The first-order valence-electron chi connectivity index (χ1n) is 16.1. The lowest BCUT2D eigenvalue weighted by Gasteiger charge is -2.35. The van der Waals surface area contributed by atoms with Crippen LogP contribution in [-0.2, 0) is 19.6 Å². The third kappa shape index (κ3) is 10.8. The summed E-state index contributed by atoms with van der Waals surface area (Å²) in [6, 6.07) is 12.8. The molecule has 0 saturated carbocycles. The molecule has 11 nitrogen and oxygen atoms in total. The van der Waals surface area contributed by atoms with Crippen molar-refractivity contribution in [2.45, 2.75) is 76.0 Å². The van der Waals surface area contributed by atoms with Gasteiger partial charge in [0, 0.05) is 44.8 Å². The predicted octanol–water partition coefficient (Wildman–Crippen LogP) is 4.08. The average molecular weight is 661 g/mol. The number of rotatable bonds is 11. The Balaban J connectivity index is 1.92. The number of ether oxygens (including phenoxy) is 2. The molecule has 0 unspecified atom stereocenters. The number of nitrogens with zero attached hydrogens (tertiary/aromatic N) is 3. The van der Waals surface area contributed by atoms with Crippen LogP contribution < -0.4 is 10.1 Å². The van der Waals surface area contributed by atoms with E-state index in [0.29, 0.717) is 30.9 Å². The van der Waals surface area contributed by atoms with Crippen LogP contribution in [0.1, 0.15) is 63.2 Å². The normalized spacial score (nSPS) is 20.9. The summed E-state index contributed by atoms with van der Waals surface area (Å²) in [7, 11) is 1.69. The molecule has 1 heterocycles. The van der Waals surface area contributed by atoms with E-state index < -0.39 is 22.2 Å². The molecule has 2 amide bonds. The maximum Gasteiger partial charge on any atom is 0.258 e. The van der Waals surface area contributed by atoms with Crippen LogP contribution in [-0.4, -0.2) is 112 Å². The smallest absolute Gasteiger partial charge is 0.258 e. The van der Waals surface area contributed by atoms with Crippen molar-refractivity contribution >= 4 is 27.5 Å². The third-order valence-corrected chi connectivity index (χ3v) is 10.1. The van der Waals surface area contributed by atoms with Gasteiger partial charge >= 0.3 is 0 Å². The number of fused-ring (bicyclic) bond motifs is 1. The number of sulfonamides is 1. The first kappa shape index (κ1) is 37.4. The zero-order valence-corrected chi connectivity index (χ0v) is 29.0. The number of aliphatic hydroxyl groups is 1. The standard InChI is InChI=1S/C34H52N4O7S/c1-25-22-38(26(2)24-39)34(41)30-21-28(35-33(40)16-12-19-36(4)5)17-18-31(30)45-27(3)13-10-11-20-44-32(25)23-37(6)46(42,43)29-14-8-7-9-15-29/h7-9,14-15,17-18,21,25-27,32,39H,10-13,16,19-20,22-24H2,1-6H3,(H,35,40)/t25-,26-,27-,32+/m0/s1. The highest BCUT2D eigenvalue weighted by Crippen LogP contribution is 2.29. The van der Waals surface area contributed by atoms with E-state index in [0.717, 1.165) is 25.8 Å². The second kappa shape index (κ2) is 17.8. The molecule has 0 bridgehead atoms. The highest BCUT2D eigenvalue weighted by Gasteiger charge is 2.32. The molecule has 3 rings (SSSR count). The summed E-state index contributed by atoms with van der Waals surface area (Å²) in [6.07, 6.45) is 2.63. The van der Waals surface area contributed by atoms with E-state index >= 15 is 0 Å². The lowest BCUT2D eigenvalue weighted by Crippen LogP contribution is -2.48. The van der Waals surface area contributed by atoms with Gasteiger partial charge < -0.3 is 29.7 Å². The predicted molar refractivity (Wildman–Crippen MR) is 180 cm³/mol. The second-order valence-electron chi connectivity index (χ2n) is 12.6. The number of hydrogen-bond acceptors (Lipinski definition) is 8. The molecule has 1 aliphatic rings. The van der Waals surface area contributed by atoms with Crippen LogP contribution >= 0.6 is 0 Å². The molecule has 46 heavy (non-hydrogen) atoms. The number of nitrogens with one attached hydrogen (secondary N) is 1. The summed E-state index contributed by atoms with van der Waals surface area (Å²) >= 11 is 0. The molecular formula is C34H52N4O7S. The first-order valence-corrected chi connectivity index (χ1v) is 17.6. The SMILES string of the molecule is C[C@H]1CCCCO[C@H](CN(C)S(=O)(=O)c2ccccc2)[C@@H](C)CN([C@@H](C)CO)C(=O)c2cc(NC(=O)CCCN(C)C)ccc2O1. The number of carbonyl (C=O) groups excluding carboxylic acids is 2. The molecule has 0 radical (unpaired) electrons. The van der Waals surface area contributed by atoms with Gasteiger partial charge in [-0.05, 0) is 90.5 Å². The lowest BCUT2D eigenvalue weighted by atomic mass is 10.0. The lowest BCUT2D eigenvalue weighted by molar-refractivity contribution is -0.116. The molecule has 256 valence electrons. The fourth-order valence-corrected chi connectivity index (χ4v) is 6.57. The number of hydrogen-bond donors (Lipinski definition) is 2. The number of likely N-dealkylation sites (N-methyl/N-ethyl adjacent to an activating group) is 1. The van der Waals surface area contributed by atoms with Gasteiger partial charge in [0.05, 0.1) is 35.3 Å². The molecule has 0 saturated heterocycles. The van der Waals surface area contributed by atoms with E-state index in [1.165, 1.54) is 11.4 Å². The van der Waals surface area contributed by atoms with Gasteiger partial charge in [0.2, 0.25) is 15.9 Å². The Bertz CT molecular complexity index is 1370. The van der Waals surface area contributed by atoms with E-state index in [4.69, 9.17) is 9.47 Å². The van der Waals surface area contributed by atoms with Crippen molar-refractivity contribution in [2.75, 3.05) is 59.3 Å². The van der Waals surface area contributed by atoms with Crippen LogP contribution in [0.25, 0.3) is 0 Å². The van der Waals surface area contributed by atoms with Crippen molar-refractivity contribution in [1.29, 1.82) is 0 Å². The van der Waals surface area contributed by atoms with Gasteiger partial charge in [0.15, 0.2) is 0 Å². The zero-order valence-electron chi connectivity index (χ0n) is 28.1. The van der Waals surface area contributed by atoms with Gasteiger partial charge in [-0.3, -0.25) is 9.59 Å². The maximum absolute atomic E-state index is 14.3. The number of benzene rings is 2. The minimum absolute atomic E-state index is 0.0913. The van der Waals surface area contributed by atoms with E-state index in [-0.39, 0.29) is 54.0 Å². The van der Waals surface area contributed by atoms with Crippen molar-refractivity contribution in [3.63, 3.8) is 0 Å². The Morgan fingerprint density at radius 2 is 1.83 bits per heavy atom. The molecule has 2 aromatic carbocycles. The van der Waals surface area contributed by atoms with E-state index in [1.54, 1.807) is 60.4 Å². The van der Waals surface area contributed by atoms with Gasteiger partial charge in [-0.25, -0.2) is 8.42 Å². The van der Waals surface area contributed by atoms with Crippen molar-refractivity contribution in [2.24, 2.45) is 5.92 Å². The number of anilines is 1. The van der Waals surface area contributed by atoms with Crippen LogP contribution in [0.4, 0.5) is 5.69 Å². The molecule has 0 aromatic heterocycles. The molecule has 4 atom stereocenters. The maximum atomic E-state index is 14.3. The third-order valence-electron chi connectivity index (χ3n) is 8.23. The highest BCUT2D eigenvalue weighted by atomic mass is 32.2. The molecule has 12 heteroatoms. The van der Waals surface area contributed by atoms with Crippen LogP contribution in [0.2, 0.25) is 0 Å². The summed E-state index contributed by atoms with van der Waals surface area (Å²) in [5.41, 5.74) is 0.765. The quantitative estimate of drug-likeness (QED) is 0.369. The molecule has 2 N–H and O–H groups in total. The molecule has 0 fully saturated rings. The van der Waals surface area contributed by atoms with Crippen molar-refractivity contribution < 1.29 is 32.6 Å². The molecule has 1 aliphatic heterocycles. The van der Waals surface area contributed by atoms with Crippen molar-refractivity contribution in [1.82, 2.24) is 14.1 Å². The topological polar surface area (TPSA) is 129 Å². The first-order chi connectivity index (χ1) is 21.8. The largest absolute Gasteiger partial charge is 0.490 e. The fraction of sp³-hybridized carbons (Fsp3) is 0.588. The Morgan fingerprint density at radius 1 is 1.11 bits per heavy atom. The summed E-state index contributed by atoms with van der Waals surface area (Å²) < 4.78 is 40.6. The van der Waals surface area contributed by atoms with Gasteiger partial charge in [-0.15, -0.1) is 0 Å². The van der Waals surface area contributed by atoms with E-state index in [2.05, 4.69) is 5.32 Å². The van der Waals surface area contributed by atoms with Gasteiger partial charge in [-0.2, -0.15) is 4.31 Å². The highest BCUT2D eigenvalue weighted by molar-refractivity contribution is 7.89. The minimum atomic E-state index is -3.76. The summed E-state index contributed by atoms with van der Waals surface area (Å²) in [4.78, 5) is 30.7. The van der Waals surface area contributed by atoms with E-state index in [1.807, 2.05) is 32.8 Å². The van der Waals surface area contributed by atoms with E-state index in [9.17, 15) is 23.1 Å². The molecule has 0 aliphatic carbocycles. The summed E-state index contributed by atoms with van der Waals surface area (Å²) in [5.74, 6) is -0.393. The van der Waals surface area contributed by atoms with Crippen molar-refractivity contribution in [3.8, 4) is 5.75 Å². The average Bonchev–Trinajstić information content (AvgIpc) is 3.02. The summed E-state index contributed by atoms with van der Waals surface area (Å²) in [5, 5.41) is 13.1. The van der Waals surface area contributed by atoms with Gasteiger partial charge in [0.1, 0.15) is 5.75 Å². The fourth-order valence-electron chi connectivity index (χ4n) is 5.37. The number of amides is 2. The van der Waals surface area contributed by atoms with Crippen LogP contribution in [0, 0.1) is 5.92 Å². The van der Waals surface area contributed by atoms with Crippen LogP contribution in [0.15, 0.2) is 53.4 Å². The molecule has 0 spiro atoms. The van der Waals surface area contributed by atoms with Crippen molar-refractivity contribution in [3.05, 3.63) is 54.1 Å².